The molecule has 4 rings (SSSR count). The van der Waals surface area contributed by atoms with Gasteiger partial charge in [-0.15, -0.1) is 0 Å². The predicted molar refractivity (Wildman–Crippen MR) is 129 cm³/mol. The van der Waals surface area contributed by atoms with Crippen molar-refractivity contribution in [3.8, 4) is 0 Å². The normalized spacial score (nSPS) is 45.2. The molecule has 0 unspecified atom stereocenters. The summed E-state index contributed by atoms with van der Waals surface area (Å²) in [6.07, 6.45) is 12.7. The van der Waals surface area contributed by atoms with Gasteiger partial charge in [0.05, 0.1) is 6.10 Å². The lowest BCUT2D eigenvalue weighted by Gasteiger charge is -2.58. The van der Waals surface area contributed by atoms with Gasteiger partial charge in [-0.2, -0.15) is 0 Å². The van der Waals surface area contributed by atoms with Crippen LogP contribution in [0, 0.1) is 34.5 Å². The van der Waals surface area contributed by atoms with E-state index in [0.29, 0.717) is 22.9 Å². The second-order valence-corrected chi connectivity index (χ2v) is 18.2. The maximum Gasteiger partial charge on any atom is 0.192 e. The molecule has 0 amide bonds. The third kappa shape index (κ3) is 3.50. The third-order valence-electron chi connectivity index (χ3n) is 11.0. The van der Waals surface area contributed by atoms with E-state index in [-0.39, 0.29) is 11.1 Å². The molecule has 0 aromatic heterocycles. The van der Waals surface area contributed by atoms with Crippen molar-refractivity contribution in [3.63, 3.8) is 0 Å². The van der Waals surface area contributed by atoms with Crippen molar-refractivity contribution in [2.75, 3.05) is 0 Å². The topological polar surface area (TPSA) is 29.5 Å². The molecule has 0 radical (unpaired) electrons. The molecule has 4 aliphatic carbocycles. The Morgan fingerprint density at radius 1 is 1.07 bits per heavy atom. The summed E-state index contributed by atoms with van der Waals surface area (Å²) < 4.78 is 6.95. The first-order valence-corrected chi connectivity index (χ1v) is 15.8. The Kier molecular flexibility index (Phi) is 5.73. The molecule has 8 atom stereocenters. The summed E-state index contributed by atoms with van der Waals surface area (Å²) in [6.45, 7) is 19.5. The van der Waals surface area contributed by atoms with Crippen molar-refractivity contribution in [1.82, 2.24) is 0 Å². The zero-order valence-corrected chi connectivity index (χ0v) is 22.1. The van der Waals surface area contributed by atoms with Gasteiger partial charge >= 0.3 is 0 Å². The molecule has 2 nitrogen and oxygen atoms in total. The van der Waals surface area contributed by atoms with Gasteiger partial charge in [-0.3, -0.25) is 0 Å². The second-order valence-electron chi connectivity index (χ2n) is 13.5. The van der Waals surface area contributed by atoms with Gasteiger partial charge in [-0.25, -0.2) is 0 Å². The van der Waals surface area contributed by atoms with E-state index in [0.717, 1.165) is 30.6 Å². The van der Waals surface area contributed by atoms with E-state index in [1.54, 1.807) is 5.57 Å². The quantitative estimate of drug-likeness (QED) is 0.373. The highest BCUT2D eigenvalue weighted by atomic mass is 28.4. The number of hydrogen-bond donors (Lipinski definition) is 1. The summed E-state index contributed by atoms with van der Waals surface area (Å²) in [5.74, 6) is 3.24. The Morgan fingerprint density at radius 2 is 1.77 bits per heavy atom. The van der Waals surface area contributed by atoms with E-state index in [9.17, 15) is 5.11 Å². The van der Waals surface area contributed by atoms with Gasteiger partial charge in [0.1, 0.15) is 0 Å². The first kappa shape index (κ1) is 23.0. The van der Waals surface area contributed by atoms with Crippen LogP contribution in [-0.2, 0) is 4.43 Å². The zero-order chi connectivity index (χ0) is 22.1. The van der Waals surface area contributed by atoms with Gasteiger partial charge in [-0.05, 0) is 111 Å². The van der Waals surface area contributed by atoms with Crippen LogP contribution in [0.3, 0.4) is 0 Å². The van der Waals surface area contributed by atoms with Crippen LogP contribution in [0.25, 0.3) is 0 Å². The summed E-state index contributed by atoms with van der Waals surface area (Å²) in [5, 5.41) is 10.5. The van der Waals surface area contributed by atoms with Gasteiger partial charge in [0.2, 0.25) is 0 Å². The lowest BCUT2D eigenvalue weighted by atomic mass is 9.47. The highest BCUT2D eigenvalue weighted by molar-refractivity contribution is 6.74. The maximum absolute atomic E-state index is 10.2. The van der Waals surface area contributed by atoms with Crippen molar-refractivity contribution in [1.29, 1.82) is 0 Å². The Bertz CT molecular complexity index is 691. The molecule has 0 aromatic rings. The molecule has 0 bridgehead atoms. The number of aliphatic hydroxyl groups is 1. The predicted octanol–water partition coefficient (Wildman–Crippen LogP) is 7.34. The monoisotopic (exact) mass is 432 g/mol. The molecule has 3 heteroatoms. The minimum Gasteiger partial charge on any atom is -0.414 e. The molecule has 172 valence electrons. The fraction of sp³-hybridized carbons (Fsp3) is 0.926. The van der Waals surface area contributed by atoms with Gasteiger partial charge in [-0.1, -0.05) is 46.3 Å². The second kappa shape index (κ2) is 7.45. The molecule has 0 spiro atoms. The van der Waals surface area contributed by atoms with E-state index in [2.05, 4.69) is 60.7 Å². The maximum atomic E-state index is 10.2. The minimum atomic E-state index is -1.73. The Labute approximate surface area is 187 Å². The summed E-state index contributed by atoms with van der Waals surface area (Å²) in [5.41, 5.74) is 2.39. The first-order valence-electron chi connectivity index (χ1n) is 12.8. The standard InChI is InChI=1S/C27H48O2Si/c1-18(29-30(7,8)25(2,3)4)22-11-12-23-21-10-9-19-17-20(28)13-15-26(19,5)24(21)14-16-27(22,23)6/h9,18,20-24,28H,10-17H2,1-8H3/t18-,20+,21+,22-,23+,24+,26+,27-/m1/s1. The zero-order valence-electron chi connectivity index (χ0n) is 21.1. The van der Waals surface area contributed by atoms with Crippen LogP contribution in [0.1, 0.15) is 92.9 Å². The number of rotatable bonds is 3. The van der Waals surface area contributed by atoms with Crippen LogP contribution in [-0.4, -0.2) is 25.6 Å². The lowest BCUT2D eigenvalue weighted by Crippen LogP contribution is -2.52. The molecule has 4 aliphatic rings. The van der Waals surface area contributed by atoms with Crippen LogP contribution in [0.4, 0.5) is 0 Å². The number of aliphatic hydroxyl groups excluding tert-OH is 1. The Balaban J connectivity index is 1.54. The number of hydrogen-bond acceptors (Lipinski definition) is 2. The van der Waals surface area contributed by atoms with Crippen molar-refractivity contribution >= 4 is 8.32 Å². The van der Waals surface area contributed by atoms with Crippen LogP contribution in [0.5, 0.6) is 0 Å². The van der Waals surface area contributed by atoms with E-state index in [4.69, 9.17) is 4.43 Å². The molecule has 1 N–H and O–H groups in total. The van der Waals surface area contributed by atoms with Crippen molar-refractivity contribution in [3.05, 3.63) is 11.6 Å². The summed E-state index contributed by atoms with van der Waals surface area (Å²) in [7, 11) is -1.73. The molecule has 30 heavy (non-hydrogen) atoms. The Hall–Kier alpha value is -0.123. The van der Waals surface area contributed by atoms with Crippen molar-refractivity contribution < 1.29 is 9.53 Å². The first-order chi connectivity index (χ1) is 13.8. The molecule has 0 heterocycles. The van der Waals surface area contributed by atoms with Gasteiger partial charge in [0.25, 0.3) is 0 Å². The van der Waals surface area contributed by atoms with Crippen LogP contribution in [0.15, 0.2) is 11.6 Å². The summed E-state index contributed by atoms with van der Waals surface area (Å²) in [6, 6.07) is 0. The van der Waals surface area contributed by atoms with Crippen molar-refractivity contribution in [2.24, 2.45) is 34.5 Å². The average molecular weight is 433 g/mol. The SMILES string of the molecule is C[C@@H](O[Si](C)(C)C(C)(C)C)[C@H]1CC[C@H]2[C@@H]3CC=C4C[C@@H](O)CC[C@]4(C)[C@H]3CC[C@]12C. The summed E-state index contributed by atoms with van der Waals surface area (Å²) >= 11 is 0. The molecule has 0 aromatic carbocycles. The van der Waals surface area contributed by atoms with Gasteiger partial charge < -0.3 is 9.53 Å². The highest BCUT2D eigenvalue weighted by Crippen LogP contribution is 2.67. The van der Waals surface area contributed by atoms with Crippen LogP contribution < -0.4 is 0 Å². The lowest BCUT2D eigenvalue weighted by molar-refractivity contribution is -0.0657. The van der Waals surface area contributed by atoms with Crippen LogP contribution >= 0.6 is 0 Å². The van der Waals surface area contributed by atoms with E-state index < -0.39 is 8.32 Å². The highest BCUT2D eigenvalue weighted by Gasteiger charge is 2.59. The fourth-order valence-corrected chi connectivity index (χ4v) is 9.62. The Morgan fingerprint density at radius 3 is 2.43 bits per heavy atom. The van der Waals surface area contributed by atoms with E-state index >= 15 is 0 Å². The minimum absolute atomic E-state index is 0.0982. The molecule has 3 saturated carbocycles. The smallest absolute Gasteiger partial charge is 0.192 e. The molecule has 0 aliphatic heterocycles. The van der Waals surface area contributed by atoms with Gasteiger partial charge in [0, 0.05) is 6.10 Å². The third-order valence-corrected chi connectivity index (χ3v) is 15.6. The van der Waals surface area contributed by atoms with Crippen molar-refractivity contribution in [2.45, 2.75) is 123 Å². The van der Waals surface area contributed by atoms with Crippen LogP contribution in [0.2, 0.25) is 18.1 Å². The van der Waals surface area contributed by atoms with E-state index in [1.165, 1.54) is 38.5 Å². The summed E-state index contributed by atoms with van der Waals surface area (Å²) in [4.78, 5) is 0. The van der Waals surface area contributed by atoms with Gasteiger partial charge in [0.15, 0.2) is 8.32 Å². The average Bonchev–Trinajstić information content (AvgIpc) is 2.98. The number of allylic oxidation sites excluding steroid dienone is 1. The van der Waals surface area contributed by atoms with E-state index in [1.807, 2.05) is 0 Å². The molecule has 3 fully saturated rings. The molecule has 0 saturated heterocycles. The fourth-order valence-electron chi connectivity index (χ4n) is 8.18. The number of fused-ring (bicyclic) bond motifs is 5. The largest absolute Gasteiger partial charge is 0.414 e. The molecular weight excluding hydrogens is 384 g/mol. The molecular formula is C27H48O2Si.